The first-order valence-electron chi connectivity index (χ1n) is 39.7. The van der Waals surface area contributed by atoms with Gasteiger partial charge in [-0.1, -0.05) is 207 Å². The number of hydrogen-bond acceptors (Lipinski definition) is 12. The normalized spacial score (nSPS) is 15.8. The van der Waals surface area contributed by atoms with E-state index in [0.717, 1.165) is 37.2 Å². The van der Waals surface area contributed by atoms with Crippen LogP contribution in [0.4, 0.5) is 0 Å². The lowest BCUT2D eigenvalue weighted by Gasteiger charge is -2.17. The van der Waals surface area contributed by atoms with E-state index in [1.807, 2.05) is 50.4 Å². The van der Waals surface area contributed by atoms with Gasteiger partial charge in [0.25, 0.3) is 0 Å². The predicted octanol–water partition coefficient (Wildman–Crippen LogP) is 29.5. The summed E-state index contributed by atoms with van der Waals surface area (Å²) in [5, 5.41) is 0. The van der Waals surface area contributed by atoms with Crippen LogP contribution in [0.25, 0.3) is 69.7 Å². The van der Waals surface area contributed by atoms with Gasteiger partial charge in [0.05, 0.1) is 13.2 Å². The quantitative estimate of drug-likeness (QED) is 0.0354. The summed E-state index contributed by atoms with van der Waals surface area (Å²) in [6, 6.07) is 37.5. The van der Waals surface area contributed by atoms with Crippen molar-refractivity contribution in [2.45, 2.75) is 310 Å². The highest BCUT2D eigenvalue weighted by molar-refractivity contribution is 7.31. The van der Waals surface area contributed by atoms with E-state index >= 15 is 0 Å². The Hall–Kier alpha value is -3.92. The molecule has 6 nitrogen and oxygen atoms in total. The van der Waals surface area contributed by atoms with Crippen LogP contribution in [0.3, 0.4) is 0 Å². The third-order valence-corrected chi connectivity index (χ3v) is 28.0. The third-order valence-electron chi connectivity index (χ3n) is 20.1. The van der Waals surface area contributed by atoms with E-state index in [1.54, 1.807) is 11.1 Å². The zero-order valence-electron chi connectivity index (χ0n) is 62.6. The van der Waals surface area contributed by atoms with E-state index in [-0.39, 0.29) is 12.2 Å². The molecular formula is C88H122O6S6. The minimum Gasteiger partial charge on any atom is -0.491 e. The lowest BCUT2D eigenvalue weighted by Crippen LogP contribution is -2.25. The highest BCUT2D eigenvalue weighted by Gasteiger charge is 2.34. The van der Waals surface area contributed by atoms with Gasteiger partial charge in [0.1, 0.15) is 36.9 Å². The van der Waals surface area contributed by atoms with Crippen molar-refractivity contribution >= 4 is 68.0 Å². The standard InChI is InChI=1S/C88H122O6S6/c1-9-13-17-21-25-29-33-37-41-67-57-79(97-85(67)81-59-69(43-39-35-31-27-23-19-15-11-3)83(99-81)77-55-53-75(95-77)65-45-49-71(50-46-65)89-61-73-63-91-87(5,6)93-73)80-58-68(42-38-34-30-26-22-18-14-10-2)86(98-80)82-60-70(44-40-36-32-28-24-20-16-12-4)84(100-82)78-56-54-76(96-78)66-47-51-72(52-48-66)90-62-74-64-92-88(7,8)94-74/h45-60,73-74H,9-44,61-64H2,1-8H3. The topological polar surface area (TPSA) is 55.4 Å². The van der Waals surface area contributed by atoms with Crippen molar-refractivity contribution in [3.8, 4) is 81.2 Å². The molecule has 10 rings (SSSR count). The third kappa shape index (κ3) is 24.6. The van der Waals surface area contributed by atoms with Crippen LogP contribution in [0.2, 0.25) is 0 Å². The lowest BCUT2D eigenvalue weighted by atomic mass is 10.0. The minimum atomic E-state index is -0.557. The first-order valence-corrected chi connectivity index (χ1v) is 44.6. The number of benzene rings is 2. The average Bonchev–Trinajstić information content (AvgIpc) is 1.62. The summed E-state index contributed by atoms with van der Waals surface area (Å²) < 4.78 is 36.1. The molecule has 0 amide bonds. The molecule has 2 aliphatic heterocycles. The van der Waals surface area contributed by atoms with Crippen LogP contribution in [0.5, 0.6) is 11.5 Å². The van der Waals surface area contributed by atoms with Crippen LogP contribution in [0.15, 0.2) is 97.1 Å². The monoisotopic (exact) mass is 1470 g/mol. The second-order valence-electron chi connectivity index (χ2n) is 29.7. The fraction of sp³-hybridized carbons (Fsp3) is 0.591. The van der Waals surface area contributed by atoms with Gasteiger partial charge in [-0.15, -0.1) is 68.0 Å². The molecule has 12 heteroatoms. The van der Waals surface area contributed by atoms with E-state index in [4.69, 9.17) is 28.4 Å². The molecule has 2 aliphatic rings. The smallest absolute Gasteiger partial charge is 0.163 e. The molecule has 2 saturated heterocycles. The summed E-state index contributed by atoms with van der Waals surface area (Å²) in [6.07, 6.45) is 47.0. The first kappa shape index (κ1) is 78.7. The highest BCUT2D eigenvalue weighted by Crippen LogP contribution is 2.52. The average molecular weight is 1470 g/mol. The van der Waals surface area contributed by atoms with Gasteiger partial charge in [0, 0.05) is 58.5 Å². The van der Waals surface area contributed by atoms with E-state index in [2.05, 4.69) is 170 Å². The maximum atomic E-state index is 6.22. The van der Waals surface area contributed by atoms with Crippen LogP contribution in [0, 0.1) is 0 Å². The Morgan fingerprint density at radius 2 is 0.560 bits per heavy atom. The minimum absolute atomic E-state index is 0.0646. The van der Waals surface area contributed by atoms with Crippen molar-refractivity contribution in [1.29, 1.82) is 0 Å². The van der Waals surface area contributed by atoms with Crippen LogP contribution < -0.4 is 9.47 Å². The predicted molar refractivity (Wildman–Crippen MR) is 438 cm³/mol. The molecule has 0 bridgehead atoms. The van der Waals surface area contributed by atoms with Crippen molar-refractivity contribution < 1.29 is 28.4 Å². The number of hydrogen-bond donors (Lipinski definition) is 0. The summed E-state index contributed by atoms with van der Waals surface area (Å²) in [7, 11) is 0. The van der Waals surface area contributed by atoms with Gasteiger partial charge in [-0.3, -0.25) is 0 Å². The summed E-state index contributed by atoms with van der Waals surface area (Å²) >= 11 is 12.2. The van der Waals surface area contributed by atoms with E-state index in [9.17, 15) is 0 Å². The number of aryl methyl sites for hydroxylation is 4. The van der Waals surface area contributed by atoms with Crippen LogP contribution in [-0.2, 0) is 44.6 Å². The molecule has 546 valence electrons. The maximum absolute atomic E-state index is 6.22. The van der Waals surface area contributed by atoms with Crippen LogP contribution >= 0.6 is 68.0 Å². The maximum Gasteiger partial charge on any atom is 0.163 e. The largest absolute Gasteiger partial charge is 0.491 e. The first-order chi connectivity index (χ1) is 48.9. The van der Waals surface area contributed by atoms with Crippen LogP contribution in [0.1, 0.15) is 283 Å². The highest BCUT2D eigenvalue weighted by atomic mass is 32.1. The van der Waals surface area contributed by atoms with Crippen molar-refractivity contribution in [3.05, 3.63) is 119 Å². The molecule has 2 aromatic carbocycles. The van der Waals surface area contributed by atoms with E-state index in [0.29, 0.717) is 26.4 Å². The molecule has 100 heavy (non-hydrogen) atoms. The van der Waals surface area contributed by atoms with Gasteiger partial charge in [0.2, 0.25) is 0 Å². The fourth-order valence-electron chi connectivity index (χ4n) is 14.3. The molecule has 0 radical (unpaired) electrons. The zero-order chi connectivity index (χ0) is 69.8. The number of thiophene rings is 6. The molecule has 0 N–H and O–H groups in total. The van der Waals surface area contributed by atoms with Gasteiger partial charge in [-0.2, -0.15) is 0 Å². The molecule has 2 unspecified atom stereocenters. The van der Waals surface area contributed by atoms with Crippen molar-refractivity contribution in [1.82, 2.24) is 0 Å². The van der Waals surface area contributed by atoms with Crippen LogP contribution in [-0.4, -0.2) is 50.2 Å². The molecule has 6 aromatic heterocycles. The van der Waals surface area contributed by atoms with Gasteiger partial charge in [-0.05, 0) is 210 Å². The second-order valence-corrected chi connectivity index (χ2v) is 36.0. The van der Waals surface area contributed by atoms with E-state index in [1.165, 1.54) is 286 Å². The molecule has 0 saturated carbocycles. The lowest BCUT2D eigenvalue weighted by molar-refractivity contribution is -0.141. The van der Waals surface area contributed by atoms with Crippen molar-refractivity contribution in [2.24, 2.45) is 0 Å². The van der Waals surface area contributed by atoms with E-state index < -0.39 is 11.6 Å². The molecule has 0 spiro atoms. The second kappa shape index (κ2) is 41.7. The number of rotatable bonds is 49. The van der Waals surface area contributed by atoms with Crippen molar-refractivity contribution in [2.75, 3.05) is 26.4 Å². The Balaban J connectivity index is 0.959. The summed E-state index contributed by atoms with van der Waals surface area (Å²) in [6.45, 7) is 19.2. The molecule has 2 atom stereocenters. The Kier molecular flexibility index (Phi) is 32.8. The zero-order valence-corrected chi connectivity index (χ0v) is 67.5. The SMILES string of the molecule is CCCCCCCCCCc1cc(-c2cc(CCCCCCCCCC)c(-c3cc(CCCCCCCCCC)c(-c4ccc(-c5ccc(OCC6COC(C)(C)O6)cc5)s4)s3)s2)sc1-c1cc(CCCCCCCCCC)c(-c2ccc(-c3ccc(OCC4COC(C)(C)O4)cc3)s2)s1. The fourth-order valence-corrected chi connectivity index (χ4v) is 21.8. The van der Waals surface area contributed by atoms with Gasteiger partial charge in [-0.25, -0.2) is 0 Å². The van der Waals surface area contributed by atoms with Gasteiger partial charge in [0.15, 0.2) is 11.6 Å². The Morgan fingerprint density at radius 3 is 0.850 bits per heavy atom. The van der Waals surface area contributed by atoms with Crippen molar-refractivity contribution in [3.63, 3.8) is 0 Å². The molecule has 0 aliphatic carbocycles. The number of ether oxygens (including phenoxy) is 6. The molecule has 8 aromatic rings. The van der Waals surface area contributed by atoms with Gasteiger partial charge < -0.3 is 28.4 Å². The Labute approximate surface area is 628 Å². The molecular weight excluding hydrogens is 1350 g/mol. The summed E-state index contributed by atoms with van der Waals surface area (Å²) in [4.78, 5) is 17.2. The van der Waals surface area contributed by atoms with Gasteiger partial charge >= 0.3 is 0 Å². The Morgan fingerprint density at radius 1 is 0.300 bits per heavy atom. The summed E-state index contributed by atoms with van der Waals surface area (Å²) in [5.74, 6) is 0.611. The summed E-state index contributed by atoms with van der Waals surface area (Å²) in [5.41, 5.74) is 8.64. The Bertz CT molecular complexity index is 3350. The molecule has 2 fully saturated rings. The molecule has 8 heterocycles. The number of unbranched alkanes of at least 4 members (excludes halogenated alkanes) is 28.